The fourth-order valence-electron chi connectivity index (χ4n) is 2.83. The topological polar surface area (TPSA) is 71.7 Å². The standard InChI is InChI=1S/C17H21FN4O3/c1-13-2-3-15(18)14(10-13)17-19-16(20-25-17)11-22-6-4-21(5-7-22)8-9-24-12-23/h2-3,10,12H,4-9,11H2,1H3. The first-order valence-corrected chi connectivity index (χ1v) is 8.25. The van der Waals surface area contributed by atoms with E-state index in [4.69, 9.17) is 9.26 Å². The molecular formula is C17H21FN4O3. The molecule has 8 heteroatoms. The molecule has 0 amide bonds. The van der Waals surface area contributed by atoms with Gasteiger partial charge in [0.2, 0.25) is 0 Å². The van der Waals surface area contributed by atoms with Crippen LogP contribution in [0.5, 0.6) is 0 Å². The van der Waals surface area contributed by atoms with Crippen molar-refractivity contribution in [3.8, 4) is 11.5 Å². The average molecular weight is 348 g/mol. The van der Waals surface area contributed by atoms with Gasteiger partial charge in [-0.15, -0.1) is 0 Å². The van der Waals surface area contributed by atoms with Crippen LogP contribution in [-0.4, -0.2) is 65.7 Å². The monoisotopic (exact) mass is 348 g/mol. The van der Waals surface area contributed by atoms with E-state index in [9.17, 15) is 9.18 Å². The van der Waals surface area contributed by atoms with Crippen LogP contribution < -0.4 is 0 Å². The number of hydrogen-bond acceptors (Lipinski definition) is 7. The summed E-state index contributed by atoms with van der Waals surface area (Å²) in [6, 6.07) is 4.81. The van der Waals surface area contributed by atoms with E-state index in [-0.39, 0.29) is 11.7 Å². The van der Waals surface area contributed by atoms with E-state index in [0.29, 0.717) is 31.0 Å². The molecule has 0 atom stereocenters. The molecule has 3 rings (SSSR count). The van der Waals surface area contributed by atoms with Gasteiger partial charge in [0, 0.05) is 32.7 Å². The number of carbonyl (C=O) groups is 1. The molecule has 0 bridgehead atoms. The van der Waals surface area contributed by atoms with Crippen LogP contribution in [0, 0.1) is 12.7 Å². The molecule has 0 radical (unpaired) electrons. The summed E-state index contributed by atoms with van der Waals surface area (Å²) in [5, 5.41) is 3.97. The molecule has 0 saturated carbocycles. The third kappa shape index (κ3) is 4.61. The maximum Gasteiger partial charge on any atom is 0.293 e. The quantitative estimate of drug-likeness (QED) is 0.554. The van der Waals surface area contributed by atoms with Crippen LogP contribution in [0.2, 0.25) is 0 Å². The Hall–Kier alpha value is -2.32. The Balaban J connectivity index is 1.54. The lowest BCUT2D eigenvalue weighted by Crippen LogP contribution is -2.46. The summed E-state index contributed by atoms with van der Waals surface area (Å²) in [5.74, 6) is 0.390. The Morgan fingerprint density at radius 3 is 2.80 bits per heavy atom. The Bertz CT molecular complexity index is 714. The second kappa shape index (κ2) is 8.17. The summed E-state index contributed by atoms with van der Waals surface area (Å²) in [5.41, 5.74) is 1.27. The van der Waals surface area contributed by atoms with Gasteiger partial charge in [0.05, 0.1) is 12.1 Å². The molecule has 1 aromatic carbocycles. The van der Waals surface area contributed by atoms with Crippen LogP contribution >= 0.6 is 0 Å². The maximum atomic E-state index is 13.9. The van der Waals surface area contributed by atoms with E-state index in [1.165, 1.54) is 6.07 Å². The molecule has 0 N–H and O–H groups in total. The zero-order valence-corrected chi connectivity index (χ0v) is 14.2. The van der Waals surface area contributed by atoms with Gasteiger partial charge in [-0.05, 0) is 19.1 Å². The predicted octanol–water partition coefficient (Wildman–Crippen LogP) is 1.47. The smallest absolute Gasteiger partial charge is 0.293 e. The number of rotatable bonds is 7. The van der Waals surface area contributed by atoms with Gasteiger partial charge in [-0.2, -0.15) is 4.98 Å². The minimum atomic E-state index is -0.369. The van der Waals surface area contributed by atoms with Crippen LogP contribution in [0.15, 0.2) is 22.7 Å². The highest BCUT2D eigenvalue weighted by Gasteiger charge is 2.20. The first kappa shape index (κ1) is 17.5. The Labute approximate surface area is 145 Å². The van der Waals surface area contributed by atoms with Crippen molar-refractivity contribution in [2.45, 2.75) is 13.5 Å². The summed E-state index contributed by atoms with van der Waals surface area (Å²) < 4.78 is 23.9. The SMILES string of the molecule is Cc1ccc(F)c(-c2nc(CN3CCN(CCOC=O)CC3)no2)c1. The number of aromatic nitrogens is 2. The Kier molecular flexibility index (Phi) is 5.72. The molecule has 0 spiro atoms. The Morgan fingerprint density at radius 1 is 1.28 bits per heavy atom. The van der Waals surface area contributed by atoms with E-state index in [2.05, 4.69) is 19.9 Å². The third-order valence-corrected chi connectivity index (χ3v) is 4.24. The van der Waals surface area contributed by atoms with Crippen molar-refractivity contribution in [3.05, 3.63) is 35.4 Å². The molecule has 1 aliphatic heterocycles. The summed E-state index contributed by atoms with van der Waals surface area (Å²) in [6.45, 7) is 7.59. The number of hydrogen-bond donors (Lipinski definition) is 0. The Morgan fingerprint density at radius 2 is 2.04 bits per heavy atom. The van der Waals surface area contributed by atoms with Crippen LogP contribution in [0.1, 0.15) is 11.4 Å². The lowest BCUT2D eigenvalue weighted by molar-refractivity contribution is -0.129. The van der Waals surface area contributed by atoms with Crippen molar-refractivity contribution in [1.82, 2.24) is 19.9 Å². The number of aryl methyl sites for hydroxylation is 1. The van der Waals surface area contributed by atoms with E-state index in [0.717, 1.165) is 38.3 Å². The fourth-order valence-corrected chi connectivity index (χ4v) is 2.83. The minimum absolute atomic E-state index is 0.209. The second-order valence-electron chi connectivity index (χ2n) is 6.08. The first-order chi connectivity index (χ1) is 12.2. The molecule has 1 fully saturated rings. The fraction of sp³-hybridized carbons (Fsp3) is 0.471. The molecule has 1 aliphatic rings. The zero-order chi connectivity index (χ0) is 17.6. The van der Waals surface area contributed by atoms with Gasteiger partial charge in [0.15, 0.2) is 5.82 Å². The van der Waals surface area contributed by atoms with Crippen molar-refractivity contribution < 1.29 is 18.4 Å². The number of nitrogens with zero attached hydrogens (tertiary/aromatic N) is 4. The molecule has 134 valence electrons. The van der Waals surface area contributed by atoms with Crippen LogP contribution in [-0.2, 0) is 16.1 Å². The van der Waals surface area contributed by atoms with Crippen LogP contribution in [0.3, 0.4) is 0 Å². The lowest BCUT2D eigenvalue weighted by atomic mass is 10.1. The van der Waals surface area contributed by atoms with Gasteiger partial charge >= 0.3 is 0 Å². The first-order valence-electron chi connectivity index (χ1n) is 8.25. The molecule has 7 nitrogen and oxygen atoms in total. The van der Waals surface area contributed by atoms with Crippen molar-refractivity contribution in [2.75, 3.05) is 39.3 Å². The second-order valence-corrected chi connectivity index (χ2v) is 6.08. The van der Waals surface area contributed by atoms with Gasteiger partial charge < -0.3 is 9.26 Å². The largest absolute Gasteiger partial charge is 0.467 e. The van der Waals surface area contributed by atoms with E-state index in [1.54, 1.807) is 12.1 Å². The lowest BCUT2D eigenvalue weighted by Gasteiger charge is -2.33. The average Bonchev–Trinajstić information content (AvgIpc) is 3.07. The molecule has 1 saturated heterocycles. The predicted molar refractivity (Wildman–Crippen MR) is 88.2 cm³/mol. The normalized spacial score (nSPS) is 16.1. The summed E-state index contributed by atoms with van der Waals surface area (Å²) in [4.78, 5) is 18.9. The minimum Gasteiger partial charge on any atom is -0.467 e. The van der Waals surface area contributed by atoms with Crippen LogP contribution in [0.4, 0.5) is 4.39 Å². The number of halogens is 1. The van der Waals surface area contributed by atoms with Crippen LogP contribution in [0.25, 0.3) is 11.5 Å². The van der Waals surface area contributed by atoms with Gasteiger partial charge in [-0.25, -0.2) is 4.39 Å². The summed E-state index contributed by atoms with van der Waals surface area (Å²) >= 11 is 0. The molecular weight excluding hydrogens is 327 g/mol. The number of carbonyl (C=O) groups excluding carboxylic acids is 1. The van der Waals surface area contributed by atoms with Gasteiger partial charge in [0.1, 0.15) is 12.4 Å². The number of piperazine rings is 1. The maximum absolute atomic E-state index is 13.9. The molecule has 0 unspecified atom stereocenters. The van der Waals surface area contributed by atoms with E-state index >= 15 is 0 Å². The summed E-state index contributed by atoms with van der Waals surface area (Å²) in [6.07, 6.45) is 0. The van der Waals surface area contributed by atoms with Crippen molar-refractivity contribution in [3.63, 3.8) is 0 Å². The number of benzene rings is 1. The van der Waals surface area contributed by atoms with Crippen molar-refractivity contribution in [1.29, 1.82) is 0 Å². The molecule has 1 aromatic heterocycles. The molecule has 0 aliphatic carbocycles. The highest BCUT2D eigenvalue weighted by atomic mass is 19.1. The highest BCUT2D eigenvalue weighted by Crippen LogP contribution is 2.22. The van der Waals surface area contributed by atoms with Gasteiger partial charge in [0.25, 0.3) is 12.4 Å². The summed E-state index contributed by atoms with van der Waals surface area (Å²) in [7, 11) is 0. The van der Waals surface area contributed by atoms with E-state index < -0.39 is 0 Å². The molecule has 25 heavy (non-hydrogen) atoms. The third-order valence-electron chi connectivity index (χ3n) is 4.24. The molecule has 2 aromatic rings. The van der Waals surface area contributed by atoms with Crippen molar-refractivity contribution in [2.24, 2.45) is 0 Å². The highest BCUT2D eigenvalue weighted by molar-refractivity contribution is 5.55. The van der Waals surface area contributed by atoms with Gasteiger partial charge in [-0.3, -0.25) is 14.6 Å². The number of ether oxygens (including phenoxy) is 1. The van der Waals surface area contributed by atoms with Gasteiger partial charge in [-0.1, -0.05) is 16.8 Å². The van der Waals surface area contributed by atoms with Crippen molar-refractivity contribution >= 4 is 6.47 Å². The van der Waals surface area contributed by atoms with E-state index in [1.807, 2.05) is 6.92 Å². The zero-order valence-electron chi connectivity index (χ0n) is 14.2. The molecule has 2 heterocycles.